The number of hydrogen-bond donors (Lipinski definition) is 1. The first-order valence-corrected chi connectivity index (χ1v) is 5.81. The van der Waals surface area contributed by atoms with E-state index in [1.807, 2.05) is 6.07 Å². The van der Waals surface area contributed by atoms with Crippen LogP contribution in [0.3, 0.4) is 0 Å². The highest BCUT2D eigenvalue weighted by atomic mass is 79.9. The molecule has 0 fully saturated rings. The van der Waals surface area contributed by atoms with Gasteiger partial charge in [-0.05, 0) is 24.3 Å². The highest BCUT2D eigenvalue weighted by Gasteiger charge is 2.12. The van der Waals surface area contributed by atoms with E-state index in [1.165, 1.54) is 19.4 Å². The molecule has 2 aromatic rings. The molecule has 0 aliphatic heterocycles. The number of rotatable bonds is 3. The summed E-state index contributed by atoms with van der Waals surface area (Å²) < 4.78 is 6.04. The number of halogens is 1. The quantitative estimate of drug-likeness (QED) is 0.943. The highest BCUT2D eigenvalue weighted by molar-refractivity contribution is 9.10. The average Bonchev–Trinajstić information content (AvgIpc) is 2.39. The van der Waals surface area contributed by atoms with Crippen LogP contribution in [0.1, 0.15) is 10.5 Å². The van der Waals surface area contributed by atoms with Gasteiger partial charge < -0.3 is 9.84 Å². The number of carbonyl (C=O) groups is 1. The number of ether oxygens (including phenoxy) is 1. The van der Waals surface area contributed by atoms with Gasteiger partial charge in [-0.3, -0.25) is 0 Å². The Labute approximate surface area is 112 Å². The lowest BCUT2D eigenvalue weighted by molar-refractivity contribution is 0.0690. The van der Waals surface area contributed by atoms with Crippen LogP contribution in [0.25, 0.3) is 11.4 Å². The summed E-state index contributed by atoms with van der Waals surface area (Å²) in [5, 5.41) is 8.91. The number of aromatic nitrogens is 2. The molecule has 0 amide bonds. The van der Waals surface area contributed by atoms with Crippen LogP contribution < -0.4 is 4.74 Å². The van der Waals surface area contributed by atoms with Gasteiger partial charge in [0.2, 0.25) is 0 Å². The van der Waals surface area contributed by atoms with Crippen molar-refractivity contribution in [3.8, 4) is 17.1 Å². The summed E-state index contributed by atoms with van der Waals surface area (Å²) >= 11 is 3.34. The van der Waals surface area contributed by atoms with E-state index >= 15 is 0 Å². The van der Waals surface area contributed by atoms with E-state index in [2.05, 4.69) is 25.9 Å². The Morgan fingerprint density at radius 2 is 2.17 bits per heavy atom. The van der Waals surface area contributed by atoms with E-state index in [-0.39, 0.29) is 5.69 Å². The van der Waals surface area contributed by atoms with Crippen molar-refractivity contribution in [3.05, 3.63) is 40.6 Å². The molecule has 18 heavy (non-hydrogen) atoms. The largest absolute Gasteiger partial charge is 0.496 e. The maximum atomic E-state index is 10.9. The number of aromatic carboxylic acids is 1. The molecular formula is C12H9BrN2O3. The zero-order valence-electron chi connectivity index (χ0n) is 9.42. The van der Waals surface area contributed by atoms with E-state index in [0.29, 0.717) is 17.1 Å². The Morgan fingerprint density at radius 3 is 2.83 bits per heavy atom. The first kappa shape index (κ1) is 12.5. The number of benzene rings is 1. The maximum absolute atomic E-state index is 10.9. The Balaban J connectivity index is 2.57. The van der Waals surface area contributed by atoms with E-state index in [9.17, 15) is 4.79 Å². The van der Waals surface area contributed by atoms with Crippen LogP contribution in [-0.4, -0.2) is 28.2 Å². The molecule has 0 saturated heterocycles. The van der Waals surface area contributed by atoms with Gasteiger partial charge in [0, 0.05) is 10.7 Å². The van der Waals surface area contributed by atoms with Gasteiger partial charge in [-0.25, -0.2) is 14.8 Å². The summed E-state index contributed by atoms with van der Waals surface area (Å²) in [6.07, 6.45) is 1.41. The second-order valence-corrected chi connectivity index (χ2v) is 4.33. The average molecular weight is 309 g/mol. The standard InChI is InChI=1S/C12H9BrN2O3/c1-18-10-3-2-7(13)6-8(10)11-14-5-4-9(15-11)12(16)17/h2-6H,1H3,(H,16,17). The van der Waals surface area contributed by atoms with Crippen molar-refractivity contribution in [3.63, 3.8) is 0 Å². The lowest BCUT2D eigenvalue weighted by Crippen LogP contribution is -2.02. The van der Waals surface area contributed by atoms with Crippen molar-refractivity contribution in [1.29, 1.82) is 0 Å². The summed E-state index contributed by atoms with van der Waals surface area (Å²) in [5.74, 6) is -0.193. The van der Waals surface area contributed by atoms with Crippen LogP contribution in [0.4, 0.5) is 0 Å². The lowest BCUT2D eigenvalue weighted by Gasteiger charge is -2.08. The Kier molecular flexibility index (Phi) is 3.57. The van der Waals surface area contributed by atoms with E-state index in [1.54, 1.807) is 12.1 Å². The van der Waals surface area contributed by atoms with Crippen molar-refractivity contribution in [1.82, 2.24) is 9.97 Å². The number of nitrogens with zero attached hydrogens (tertiary/aromatic N) is 2. The molecule has 6 heteroatoms. The molecule has 1 aromatic heterocycles. The third kappa shape index (κ3) is 2.48. The minimum Gasteiger partial charge on any atom is -0.496 e. The molecule has 0 radical (unpaired) electrons. The summed E-state index contributed by atoms with van der Waals surface area (Å²) in [6.45, 7) is 0. The van der Waals surface area contributed by atoms with Crippen molar-refractivity contribution in [2.45, 2.75) is 0 Å². The van der Waals surface area contributed by atoms with Crippen molar-refractivity contribution >= 4 is 21.9 Å². The number of hydrogen-bond acceptors (Lipinski definition) is 4. The second kappa shape index (κ2) is 5.14. The Hall–Kier alpha value is -1.95. The van der Waals surface area contributed by atoms with E-state index < -0.39 is 5.97 Å². The zero-order chi connectivity index (χ0) is 13.1. The van der Waals surface area contributed by atoms with Crippen LogP contribution in [0, 0.1) is 0 Å². The van der Waals surface area contributed by atoms with Crippen LogP contribution in [0.15, 0.2) is 34.9 Å². The molecule has 92 valence electrons. The summed E-state index contributed by atoms with van der Waals surface area (Å²) in [4.78, 5) is 18.9. The van der Waals surface area contributed by atoms with Gasteiger partial charge in [-0.15, -0.1) is 0 Å². The lowest BCUT2D eigenvalue weighted by atomic mass is 10.2. The monoisotopic (exact) mass is 308 g/mol. The van der Waals surface area contributed by atoms with E-state index in [4.69, 9.17) is 9.84 Å². The molecule has 1 N–H and O–H groups in total. The highest BCUT2D eigenvalue weighted by Crippen LogP contribution is 2.30. The maximum Gasteiger partial charge on any atom is 0.354 e. The first-order chi connectivity index (χ1) is 8.61. The predicted octanol–water partition coefficient (Wildman–Crippen LogP) is 2.61. The van der Waals surface area contributed by atoms with Gasteiger partial charge in [-0.1, -0.05) is 15.9 Å². The first-order valence-electron chi connectivity index (χ1n) is 5.02. The molecule has 5 nitrogen and oxygen atoms in total. The third-order valence-corrected chi connectivity index (χ3v) is 2.77. The summed E-state index contributed by atoms with van der Waals surface area (Å²) in [6, 6.07) is 6.70. The fourth-order valence-electron chi connectivity index (χ4n) is 1.46. The van der Waals surface area contributed by atoms with Crippen LogP contribution in [0.5, 0.6) is 5.75 Å². The second-order valence-electron chi connectivity index (χ2n) is 3.42. The molecule has 1 heterocycles. The topological polar surface area (TPSA) is 72.3 Å². The van der Waals surface area contributed by atoms with Gasteiger partial charge in [0.1, 0.15) is 5.75 Å². The Morgan fingerprint density at radius 1 is 1.39 bits per heavy atom. The van der Waals surface area contributed by atoms with Gasteiger partial charge in [0.15, 0.2) is 11.5 Å². The fourth-order valence-corrected chi connectivity index (χ4v) is 1.82. The molecule has 2 rings (SSSR count). The van der Waals surface area contributed by atoms with Crippen LogP contribution >= 0.6 is 15.9 Å². The number of carboxylic acids is 1. The Bertz CT molecular complexity index is 602. The molecule has 0 atom stereocenters. The number of methoxy groups -OCH3 is 1. The minimum absolute atomic E-state index is 0.0537. The molecule has 0 unspecified atom stereocenters. The van der Waals surface area contributed by atoms with Crippen molar-refractivity contribution in [2.75, 3.05) is 7.11 Å². The predicted molar refractivity (Wildman–Crippen MR) is 68.7 cm³/mol. The normalized spacial score (nSPS) is 10.1. The third-order valence-electron chi connectivity index (χ3n) is 2.28. The molecule has 0 bridgehead atoms. The van der Waals surface area contributed by atoms with Gasteiger partial charge >= 0.3 is 5.97 Å². The van der Waals surface area contributed by atoms with E-state index in [0.717, 1.165) is 4.47 Å². The van der Waals surface area contributed by atoms with Crippen molar-refractivity contribution < 1.29 is 14.6 Å². The molecule has 1 aromatic carbocycles. The minimum atomic E-state index is -1.09. The van der Waals surface area contributed by atoms with Crippen LogP contribution in [0.2, 0.25) is 0 Å². The SMILES string of the molecule is COc1ccc(Br)cc1-c1nccc(C(=O)O)n1. The molecular weight excluding hydrogens is 300 g/mol. The summed E-state index contributed by atoms with van der Waals surface area (Å²) in [5.41, 5.74) is 0.581. The summed E-state index contributed by atoms with van der Waals surface area (Å²) in [7, 11) is 1.54. The molecule has 0 saturated carbocycles. The molecule has 0 aliphatic carbocycles. The van der Waals surface area contributed by atoms with Gasteiger partial charge in [-0.2, -0.15) is 0 Å². The van der Waals surface area contributed by atoms with Crippen LogP contribution in [-0.2, 0) is 0 Å². The van der Waals surface area contributed by atoms with Gasteiger partial charge in [0.25, 0.3) is 0 Å². The molecule has 0 aliphatic rings. The molecule has 0 spiro atoms. The fraction of sp³-hybridized carbons (Fsp3) is 0.0833. The number of carboxylic acid groups (broad SMARTS) is 1. The van der Waals surface area contributed by atoms with Gasteiger partial charge in [0.05, 0.1) is 12.7 Å². The smallest absolute Gasteiger partial charge is 0.354 e. The zero-order valence-corrected chi connectivity index (χ0v) is 11.0. The van der Waals surface area contributed by atoms with Crippen molar-refractivity contribution in [2.24, 2.45) is 0 Å².